The van der Waals surface area contributed by atoms with Crippen molar-refractivity contribution in [1.82, 2.24) is 20.3 Å². The number of nitrogens with zero attached hydrogens (tertiary/aromatic N) is 3. The van der Waals surface area contributed by atoms with Crippen molar-refractivity contribution >= 4 is 5.97 Å². The number of nitrogens with one attached hydrogen (secondary N) is 1. The van der Waals surface area contributed by atoms with Crippen LogP contribution in [0.4, 0.5) is 0 Å². The van der Waals surface area contributed by atoms with Gasteiger partial charge in [0.1, 0.15) is 5.69 Å². The molecule has 0 unspecified atom stereocenters. The molecule has 0 spiro atoms. The topological polar surface area (TPSA) is 68.7 Å². The van der Waals surface area contributed by atoms with Crippen molar-refractivity contribution in [2.45, 2.75) is 6.54 Å². The van der Waals surface area contributed by atoms with E-state index in [2.05, 4.69) is 27.4 Å². The van der Waals surface area contributed by atoms with Crippen molar-refractivity contribution in [2.24, 2.45) is 0 Å². The predicted molar refractivity (Wildman–Crippen MR) is 67.1 cm³/mol. The van der Waals surface area contributed by atoms with Crippen LogP contribution in [0.5, 0.6) is 0 Å². The van der Waals surface area contributed by atoms with Gasteiger partial charge in [0.15, 0.2) is 0 Å². The summed E-state index contributed by atoms with van der Waals surface area (Å²) in [6, 6.07) is 5.05. The van der Waals surface area contributed by atoms with Crippen LogP contribution in [0.15, 0.2) is 18.2 Å². The molecule has 0 saturated carbocycles. The van der Waals surface area contributed by atoms with Gasteiger partial charge < -0.3 is 10.0 Å². The van der Waals surface area contributed by atoms with E-state index >= 15 is 0 Å². The lowest BCUT2D eigenvalue weighted by molar-refractivity contribution is 0.0689. The van der Waals surface area contributed by atoms with Crippen molar-refractivity contribution in [3.63, 3.8) is 0 Å². The predicted octanol–water partition coefficient (Wildman–Crippen LogP) is 0.0318. The highest BCUT2D eigenvalue weighted by molar-refractivity contribution is 5.85. The Kier molecular flexibility index (Phi) is 4.24. The highest BCUT2D eigenvalue weighted by atomic mass is 16.4. The van der Waals surface area contributed by atoms with E-state index in [0.717, 1.165) is 31.9 Å². The summed E-state index contributed by atoms with van der Waals surface area (Å²) in [5, 5.41) is 11.0. The fourth-order valence-corrected chi connectivity index (χ4v) is 1.85. The van der Waals surface area contributed by atoms with E-state index < -0.39 is 5.97 Å². The number of carbonyl (C=O) groups is 1. The van der Waals surface area contributed by atoms with Gasteiger partial charge in [-0.3, -0.25) is 0 Å². The first-order valence-corrected chi connectivity index (χ1v) is 6.01. The largest absolute Gasteiger partial charge is 0.477 e. The lowest BCUT2D eigenvalue weighted by atomic mass is 10.3. The molecular weight excluding hydrogens is 232 g/mol. The number of pyridine rings is 1. The van der Waals surface area contributed by atoms with Crippen LogP contribution in [0, 0.1) is 0 Å². The van der Waals surface area contributed by atoms with Gasteiger partial charge in [-0.25, -0.2) is 20.2 Å². The number of hydrogen-bond acceptors (Lipinski definition) is 5. The summed E-state index contributed by atoms with van der Waals surface area (Å²) in [4.78, 5) is 17.1. The molecule has 2 rings (SSSR count). The molecule has 0 aliphatic carbocycles. The molecule has 0 radical (unpaired) electrons. The Hall–Kier alpha value is -1.50. The van der Waals surface area contributed by atoms with Gasteiger partial charge in [0.2, 0.25) is 0 Å². The smallest absolute Gasteiger partial charge is 0.354 e. The first-order chi connectivity index (χ1) is 8.65. The SMILES string of the molecule is CN1CCN(NCc2cccc(C(=O)O)n2)CC1. The minimum atomic E-state index is -0.989. The molecule has 0 aromatic carbocycles. The van der Waals surface area contributed by atoms with Crippen LogP contribution in [0.2, 0.25) is 0 Å². The highest BCUT2D eigenvalue weighted by Gasteiger charge is 2.13. The van der Waals surface area contributed by atoms with E-state index in [1.807, 2.05) is 6.07 Å². The number of hydrazine groups is 1. The van der Waals surface area contributed by atoms with Crippen molar-refractivity contribution in [3.8, 4) is 0 Å². The Bertz CT molecular complexity index is 416. The normalized spacial score (nSPS) is 17.8. The van der Waals surface area contributed by atoms with Gasteiger partial charge in [-0.2, -0.15) is 0 Å². The molecule has 6 nitrogen and oxygen atoms in total. The van der Waals surface area contributed by atoms with Crippen LogP contribution in [0.1, 0.15) is 16.2 Å². The number of likely N-dealkylation sites (N-methyl/N-ethyl adjacent to an activating group) is 1. The number of carboxylic acid groups (broad SMARTS) is 1. The van der Waals surface area contributed by atoms with Crippen LogP contribution >= 0.6 is 0 Å². The molecule has 1 aliphatic heterocycles. The molecule has 1 aromatic rings. The van der Waals surface area contributed by atoms with Crippen LogP contribution in [-0.4, -0.2) is 59.2 Å². The van der Waals surface area contributed by atoms with Crippen molar-refractivity contribution in [2.75, 3.05) is 33.2 Å². The van der Waals surface area contributed by atoms with Crippen molar-refractivity contribution in [1.29, 1.82) is 0 Å². The zero-order chi connectivity index (χ0) is 13.0. The third kappa shape index (κ3) is 3.49. The molecule has 98 valence electrons. The average molecular weight is 250 g/mol. The lowest BCUT2D eigenvalue weighted by Gasteiger charge is -2.32. The number of aromatic nitrogens is 1. The average Bonchev–Trinajstić information content (AvgIpc) is 2.38. The molecule has 0 bridgehead atoms. The summed E-state index contributed by atoms with van der Waals surface area (Å²) in [5.41, 5.74) is 4.11. The minimum Gasteiger partial charge on any atom is -0.477 e. The third-order valence-electron chi connectivity index (χ3n) is 3.01. The molecule has 2 N–H and O–H groups in total. The van der Waals surface area contributed by atoms with E-state index in [-0.39, 0.29) is 5.69 Å². The standard InChI is InChI=1S/C12H18N4O2/c1-15-5-7-16(8-6-15)13-9-10-3-2-4-11(14-10)12(17)18/h2-4,13H,5-9H2,1H3,(H,17,18). The van der Waals surface area contributed by atoms with Gasteiger partial charge >= 0.3 is 5.97 Å². The fraction of sp³-hybridized carbons (Fsp3) is 0.500. The van der Waals surface area contributed by atoms with Gasteiger partial charge in [0.05, 0.1) is 12.2 Å². The highest BCUT2D eigenvalue weighted by Crippen LogP contribution is 2.01. The molecule has 18 heavy (non-hydrogen) atoms. The van der Waals surface area contributed by atoms with E-state index in [4.69, 9.17) is 5.11 Å². The van der Waals surface area contributed by atoms with Gasteiger partial charge in [0, 0.05) is 26.2 Å². The number of piperazine rings is 1. The molecule has 1 aliphatic rings. The quantitative estimate of drug-likeness (QED) is 0.786. The molecule has 2 heterocycles. The Morgan fingerprint density at radius 2 is 2.11 bits per heavy atom. The van der Waals surface area contributed by atoms with E-state index in [9.17, 15) is 4.79 Å². The number of aromatic carboxylic acids is 1. The van der Waals surface area contributed by atoms with Gasteiger partial charge in [-0.1, -0.05) is 6.07 Å². The van der Waals surface area contributed by atoms with Crippen LogP contribution < -0.4 is 5.43 Å². The van der Waals surface area contributed by atoms with Crippen LogP contribution in [0.3, 0.4) is 0 Å². The van der Waals surface area contributed by atoms with E-state index in [0.29, 0.717) is 6.54 Å². The monoisotopic (exact) mass is 250 g/mol. The molecular formula is C12H18N4O2. The maximum atomic E-state index is 10.8. The Labute approximate surface area is 106 Å². The molecule has 1 saturated heterocycles. The fourth-order valence-electron chi connectivity index (χ4n) is 1.85. The first-order valence-electron chi connectivity index (χ1n) is 6.01. The summed E-state index contributed by atoms with van der Waals surface area (Å²) >= 11 is 0. The lowest BCUT2D eigenvalue weighted by Crippen LogP contribution is -2.50. The Morgan fingerprint density at radius 3 is 2.78 bits per heavy atom. The zero-order valence-corrected chi connectivity index (χ0v) is 10.5. The Balaban J connectivity index is 1.86. The second kappa shape index (κ2) is 5.90. The van der Waals surface area contributed by atoms with Crippen molar-refractivity contribution < 1.29 is 9.90 Å². The summed E-state index contributed by atoms with van der Waals surface area (Å²) in [6.07, 6.45) is 0. The second-order valence-electron chi connectivity index (χ2n) is 4.44. The third-order valence-corrected chi connectivity index (χ3v) is 3.01. The summed E-state index contributed by atoms with van der Waals surface area (Å²) < 4.78 is 0. The zero-order valence-electron chi connectivity index (χ0n) is 10.5. The molecule has 0 atom stereocenters. The summed E-state index contributed by atoms with van der Waals surface area (Å²) in [5.74, 6) is -0.989. The van der Waals surface area contributed by atoms with E-state index in [1.165, 1.54) is 6.07 Å². The molecule has 0 amide bonds. The molecule has 1 aromatic heterocycles. The maximum Gasteiger partial charge on any atom is 0.354 e. The maximum absolute atomic E-state index is 10.8. The van der Waals surface area contributed by atoms with Gasteiger partial charge in [0.25, 0.3) is 0 Å². The van der Waals surface area contributed by atoms with Crippen molar-refractivity contribution in [3.05, 3.63) is 29.6 Å². The summed E-state index contributed by atoms with van der Waals surface area (Å²) in [6.45, 7) is 4.57. The molecule has 1 fully saturated rings. The van der Waals surface area contributed by atoms with Gasteiger partial charge in [-0.15, -0.1) is 0 Å². The number of hydrogen-bond donors (Lipinski definition) is 2. The van der Waals surface area contributed by atoms with Crippen LogP contribution in [-0.2, 0) is 6.54 Å². The summed E-state index contributed by atoms with van der Waals surface area (Å²) in [7, 11) is 2.11. The van der Waals surface area contributed by atoms with E-state index in [1.54, 1.807) is 6.07 Å². The molecule has 6 heteroatoms. The Morgan fingerprint density at radius 1 is 1.39 bits per heavy atom. The first kappa shape index (κ1) is 12.9. The minimum absolute atomic E-state index is 0.0904. The number of carboxylic acids is 1. The van der Waals surface area contributed by atoms with Gasteiger partial charge in [-0.05, 0) is 19.2 Å². The number of rotatable bonds is 4. The second-order valence-corrected chi connectivity index (χ2v) is 4.44. The van der Waals surface area contributed by atoms with Crippen LogP contribution in [0.25, 0.3) is 0 Å².